The largest absolute Gasteiger partial charge is 0.483 e. The van der Waals surface area contributed by atoms with Gasteiger partial charge < -0.3 is 14.4 Å². The van der Waals surface area contributed by atoms with Crippen molar-refractivity contribution in [1.82, 2.24) is 10.1 Å². The van der Waals surface area contributed by atoms with Gasteiger partial charge in [-0.3, -0.25) is 9.69 Å². The second-order valence-electron chi connectivity index (χ2n) is 7.36. The van der Waals surface area contributed by atoms with Crippen molar-refractivity contribution in [2.24, 2.45) is 5.92 Å². The molecule has 25 heavy (non-hydrogen) atoms. The molecule has 2 atom stereocenters. The van der Waals surface area contributed by atoms with E-state index in [0.717, 1.165) is 37.5 Å². The molecule has 0 amide bonds. The molecule has 6 nitrogen and oxygen atoms in total. The van der Waals surface area contributed by atoms with Crippen molar-refractivity contribution in [1.29, 1.82) is 0 Å². The fourth-order valence-corrected chi connectivity index (χ4v) is 2.94. The van der Waals surface area contributed by atoms with Gasteiger partial charge in [0.2, 0.25) is 0 Å². The first-order chi connectivity index (χ1) is 11.9. The molecule has 1 N–H and O–H groups in total. The predicted octanol–water partition coefficient (Wildman–Crippen LogP) is 3.91. The Morgan fingerprint density at radius 3 is 2.56 bits per heavy atom. The first kappa shape index (κ1) is 21.6. The Bertz CT molecular complexity index is 488. The summed E-state index contributed by atoms with van der Waals surface area (Å²) in [7, 11) is 0. The van der Waals surface area contributed by atoms with Gasteiger partial charge in [-0.05, 0) is 12.3 Å². The smallest absolute Gasteiger partial charge is 0.290 e. The minimum absolute atomic E-state index is 0.250. The van der Waals surface area contributed by atoms with Gasteiger partial charge in [0, 0.05) is 31.6 Å². The molecule has 0 unspecified atom stereocenters. The summed E-state index contributed by atoms with van der Waals surface area (Å²) in [6.45, 7) is 13.6. The SMILES string of the molecule is CCCC[C@@H]1CN(Cc2cc(C(C)C)on2)C[C@H](C(C)C)O1.O=CO. The number of unbranched alkanes of at least 4 members (excludes halogenated alkanes) is 1. The molecule has 0 bridgehead atoms. The molecule has 1 aliphatic heterocycles. The molecule has 0 aliphatic carbocycles. The van der Waals surface area contributed by atoms with Gasteiger partial charge >= 0.3 is 0 Å². The van der Waals surface area contributed by atoms with Crippen LogP contribution in [-0.2, 0) is 16.1 Å². The average molecular weight is 354 g/mol. The van der Waals surface area contributed by atoms with E-state index in [9.17, 15) is 0 Å². The van der Waals surface area contributed by atoms with Crippen LogP contribution in [0.15, 0.2) is 10.6 Å². The highest BCUT2D eigenvalue weighted by Gasteiger charge is 2.29. The molecule has 2 rings (SSSR count). The molecule has 6 heteroatoms. The summed E-state index contributed by atoms with van der Waals surface area (Å²) in [6.07, 6.45) is 4.31. The molecule has 1 fully saturated rings. The Kier molecular flexibility index (Phi) is 9.75. The zero-order chi connectivity index (χ0) is 18.8. The van der Waals surface area contributed by atoms with Crippen LogP contribution < -0.4 is 0 Å². The lowest BCUT2D eigenvalue weighted by molar-refractivity contribution is -0.122. The van der Waals surface area contributed by atoms with Gasteiger partial charge in [0.15, 0.2) is 0 Å². The molecule has 0 aromatic carbocycles. The maximum atomic E-state index is 8.36. The lowest BCUT2D eigenvalue weighted by atomic mass is 10.0. The number of hydrogen-bond acceptors (Lipinski definition) is 5. The van der Waals surface area contributed by atoms with Crippen molar-refractivity contribution >= 4 is 6.47 Å². The summed E-state index contributed by atoms with van der Waals surface area (Å²) in [5.41, 5.74) is 1.04. The van der Waals surface area contributed by atoms with Crippen molar-refractivity contribution < 1.29 is 19.2 Å². The fourth-order valence-electron chi connectivity index (χ4n) is 2.94. The zero-order valence-corrected chi connectivity index (χ0v) is 16.3. The molecule has 144 valence electrons. The van der Waals surface area contributed by atoms with E-state index >= 15 is 0 Å². The molecule has 0 radical (unpaired) electrons. The lowest BCUT2D eigenvalue weighted by Gasteiger charge is -2.39. The predicted molar refractivity (Wildman–Crippen MR) is 97.6 cm³/mol. The van der Waals surface area contributed by atoms with Gasteiger partial charge in [0.25, 0.3) is 6.47 Å². The van der Waals surface area contributed by atoms with Gasteiger partial charge in [-0.25, -0.2) is 0 Å². The third kappa shape index (κ3) is 7.57. The van der Waals surface area contributed by atoms with Gasteiger partial charge in [-0.15, -0.1) is 0 Å². The summed E-state index contributed by atoms with van der Waals surface area (Å²) < 4.78 is 11.7. The number of rotatable bonds is 7. The second-order valence-corrected chi connectivity index (χ2v) is 7.36. The monoisotopic (exact) mass is 354 g/mol. The van der Waals surface area contributed by atoms with Gasteiger partial charge in [0.1, 0.15) is 5.76 Å². The normalized spacial score (nSPS) is 21.2. The van der Waals surface area contributed by atoms with Crippen LogP contribution in [0.4, 0.5) is 0 Å². The summed E-state index contributed by atoms with van der Waals surface area (Å²) in [6, 6.07) is 2.10. The highest BCUT2D eigenvalue weighted by atomic mass is 16.5. The van der Waals surface area contributed by atoms with E-state index in [1.807, 2.05) is 0 Å². The summed E-state index contributed by atoms with van der Waals surface area (Å²) in [4.78, 5) is 10.8. The Morgan fingerprint density at radius 2 is 2.04 bits per heavy atom. The molecular weight excluding hydrogens is 320 g/mol. The standard InChI is InChI=1S/C18H32N2O2.CH2O2/c1-6-7-8-16-11-20(12-18(21-16)14(4)5)10-15-9-17(13(2)3)22-19-15;2-1-3/h9,13-14,16,18H,6-8,10-12H2,1-5H3;1H,(H,2,3)/t16-,18-;/m1./s1. The number of ether oxygens (including phenoxy) is 1. The quantitative estimate of drug-likeness (QED) is 0.748. The Morgan fingerprint density at radius 1 is 1.36 bits per heavy atom. The van der Waals surface area contributed by atoms with E-state index < -0.39 is 0 Å². The molecule has 2 heterocycles. The van der Waals surface area contributed by atoms with Crippen LogP contribution in [0.25, 0.3) is 0 Å². The van der Waals surface area contributed by atoms with Crippen LogP contribution in [0.2, 0.25) is 0 Å². The number of hydrogen-bond donors (Lipinski definition) is 1. The summed E-state index contributed by atoms with van der Waals surface area (Å²) in [5, 5.41) is 11.1. The number of carbonyl (C=O) groups is 1. The minimum Gasteiger partial charge on any atom is -0.483 e. The van der Waals surface area contributed by atoms with E-state index in [-0.39, 0.29) is 6.47 Å². The van der Waals surface area contributed by atoms with E-state index in [2.05, 4.69) is 50.7 Å². The Hall–Kier alpha value is -1.40. The van der Waals surface area contributed by atoms with Crippen LogP contribution in [0.5, 0.6) is 0 Å². The maximum absolute atomic E-state index is 8.36. The highest BCUT2D eigenvalue weighted by molar-refractivity contribution is 5.32. The average Bonchev–Trinajstić information content (AvgIpc) is 3.02. The molecule has 0 spiro atoms. The minimum atomic E-state index is -0.250. The molecule has 1 saturated heterocycles. The topological polar surface area (TPSA) is 75.8 Å². The van der Waals surface area contributed by atoms with Crippen molar-refractivity contribution in [2.45, 2.75) is 78.6 Å². The third-order valence-electron chi connectivity index (χ3n) is 4.42. The van der Waals surface area contributed by atoms with E-state index in [1.165, 1.54) is 12.8 Å². The van der Waals surface area contributed by atoms with Gasteiger partial charge in [0.05, 0.1) is 17.9 Å². The van der Waals surface area contributed by atoms with E-state index in [4.69, 9.17) is 19.2 Å². The van der Waals surface area contributed by atoms with Crippen LogP contribution in [0, 0.1) is 5.92 Å². The number of nitrogens with zero attached hydrogens (tertiary/aromatic N) is 2. The number of aromatic nitrogens is 1. The van der Waals surface area contributed by atoms with Crippen molar-refractivity contribution in [2.75, 3.05) is 13.1 Å². The van der Waals surface area contributed by atoms with Crippen LogP contribution in [0.1, 0.15) is 71.3 Å². The first-order valence-electron chi connectivity index (χ1n) is 9.32. The maximum Gasteiger partial charge on any atom is 0.290 e. The van der Waals surface area contributed by atoms with Gasteiger partial charge in [-0.2, -0.15) is 0 Å². The Balaban J connectivity index is 0.000000970. The van der Waals surface area contributed by atoms with Crippen LogP contribution in [-0.4, -0.2) is 46.9 Å². The molecule has 1 aromatic rings. The molecule has 1 aromatic heterocycles. The lowest BCUT2D eigenvalue weighted by Crippen LogP contribution is -2.49. The van der Waals surface area contributed by atoms with Crippen LogP contribution in [0.3, 0.4) is 0 Å². The zero-order valence-electron chi connectivity index (χ0n) is 16.3. The van der Waals surface area contributed by atoms with E-state index in [1.54, 1.807) is 0 Å². The van der Waals surface area contributed by atoms with Crippen LogP contribution >= 0.6 is 0 Å². The molecule has 0 saturated carbocycles. The summed E-state index contributed by atoms with van der Waals surface area (Å²) in [5.74, 6) is 1.92. The van der Waals surface area contributed by atoms with Gasteiger partial charge in [-0.1, -0.05) is 52.6 Å². The molecule has 1 aliphatic rings. The van der Waals surface area contributed by atoms with E-state index in [0.29, 0.717) is 24.0 Å². The fraction of sp³-hybridized carbons (Fsp3) is 0.789. The van der Waals surface area contributed by atoms with Crippen molar-refractivity contribution in [3.8, 4) is 0 Å². The second kappa shape index (κ2) is 11.3. The highest BCUT2D eigenvalue weighted by Crippen LogP contribution is 2.23. The number of carboxylic acid groups (broad SMARTS) is 1. The number of morpholine rings is 1. The van der Waals surface area contributed by atoms with Crippen molar-refractivity contribution in [3.05, 3.63) is 17.5 Å². The third-order valence-corrected chi connectivity index (χ3v) is 4.42. The summed E-state index contributed by atoms with van der Waals surface area (Å²) >= 11 is 0. The van der Waals surface area contributed by atoms with Crippen molar-refractivity contribution in [3.63, 3.8) is 0 Å². The first-order valence-corrected chi connectivity index (χ1v) is 9.32. The molecular formula is C19H34N2O4. The Labute approximate surface area is 151 Å².